The number of ketones is 1. The van der Waals surface area contributed by atoms with E-state index >= 15 is 0 Å². The molecule has 114 valence electrons. The molecule has 1 aromatic rings. The minimum Gasteiger partial charge on any atom is -0.359 e. The molecule has 1 saturated heterocycles. The molecule has 4 nitrogen and oxygen atoms in total. The van der Waals surface area contributed by atoms with Crippen LogP contribution in [0.1, 0.15) is 23.2 Å². The molecule has 1 amide bonds. The van der Waals surface area contributed by atoms with Crippen molar-refractivity contribution < 1.29 is 18.4 Å². The molecule has 0 radical (unpaired) electrons. The van der Waals surface area contributed by atoms with Crippen LogP contribution in [-0.4, -0.2) is 43.3 Å². The average molecular weight is 296 g/mol. The van der Waals surface area contributed by atoms with Crippen molar-refractivity contribution in [2.45, 2.75) is 12.8 Å². The molecule has 6 heteroatoms. The Morgan fingerprint density at radius 2 is 1.90 bits per heavy atom. The molecule has 1 aliphatic heterocycles. The van der Waals surface area contributed by atoms with Crippen molar-refractivity contribution in [2.75, 3.05) is 26.7 Å². The highest BCUT2D eigenvalue weighted by molar-refractivity contribution is 5.97. The highest BCUT2D eigenvalue weighted by Crippen LogP contribution is 2.18. The molecule has 0 bridgehead atoms. The molecule has 0 aromatic heterocycles. The fourth-order valence-electron chi connectivity index (χ4n) is 2.52. The Bertz CT molecular complexity index is 540. The first-order valence-corrected chi connectivity index (χ1v) is 6.93. The predicted octanol–water partition coefficient (Wildman–Crippen LogP) is 1.61. The summed E-state index contributed by atoms with van der Waals surface area (Å²) in [6.45, 7) is 1.45. The van der Waals surface area contributed by atoms with E-state index in [1.807, 2.05) is 4.90 Å². The van der Waals surface area contributed by atoms with Crippen LogP contribution in [0.25, 0.3) is 0 Å². The van der Waals surface area contributed by atoms with Gasteiger partial charge in [-0.05, 0) is 44.1 Å². The number of carbonyl (C=O) groups excluding carboxylic acids is 2. The van der Waals surface area contributed by atoms with Crippen molar-refractivity contribution >= 4 is 11.7 Å². The summed E-state index contributed by atoms with van der Waals surface area (Å²) in [6.07, 6.45) is 1.40. The lowest BCUT2D eigenvalue weighted by molar-refractivity contribution is -0.125. The summed E-state index contributed by atoms with van der Waals surface area (Å²) in [5.41, 5.74) is 0.169. The number of rotatable bonds is 4. The largest absolute Gasteiger partial charge is 0.359 e. The van der Waals surface area contributed by atoms with Gasteiger partial charge in [0.25, 0.3) is 0 Å². The van der Waals surface area contributed by atoms with E-state index in [0.717, 1.165) is 12.1 Å². The summed E-state index contributed by atoms with van der Waals surface area (Å²) in [6, 6.07) is 3.17. The van der Waals surface area contributed by atoms with E-state index in [9.17, 15) is 18.4 Å². The molecule has 0 aliphatic carbocycles. The number of nitrogens with zero attached hydrogens (tertiary/aromatic N) is 1. The number of benzene rings is 1. The van der Waals surface area contributed by atoms with E-state index < -0.39 is 11.6 Å². The van der Waals surface area contributed by atoms with Crippen molar-refractivity contribution in [3.05, 3.63) is 35.4 Å². The number of piperidine rings is 1. The average Bonchev–Trinajstić information content (AvgIpc) is 2.50. The minimum absolute atomic E-state index is 0.00961. The molecule has 1 fully saturated rings. The van der Waals surface area contributed by atoms with Gasteiger partial charge in [-0.3, -0.25) is 14.5 Å². The van der Waals surface area contributed by atoms with Crippen LogP contribution in [0.2, 0.25) is 0 Å². The lowest BCUT2D eigenvalue weighted by Gasteiger charge is -2.30. The molecular formula is C15H18F2N2O2. The summed E-state index contributed by atoms with van der Waals surface area (Å²) in [5.74, 6) is -2.20. The van der Waals surface area contributed by atoms with Gasteiger partial charge in [-0.1, -0.05) is 0 Å². The zero-order valence-corrected chi connectivity index (χ0v) is 11.9. The standard InChI is InChI=1S/C15H18F2N2O2/c1-18-15(21)10-4-6-19(7-5-10)9-14(20)11-2-3-12(16)13(17)8-11/h2-3,8,10H,4-7,9H2,1H3,(H,18,21). The van der Waals surface area contributed by atoms with Gasteiger partial charge in [0, 0.05) is 18.5 Å². The normalized spacial score (nSPS) is 16.7. The van der Waals surface area contributed by atoms with Crippen LogP contribution in [0.4, 0.5) is 8.78 Å². The quantitative estimate of drug-likeness (QED) is 0.859. The monoisotopic (exact) mass is 296 g/mol. The van der Waals surface area contributed by atoms with Crippen LogP contribution in [0.3, 0.4) is 0 Å². The van der Waals surface area contributed by atoms with E-state index in [0.29, 0.717) is 25.9 Å². The Hall–Kier alpha value is -1.82. The number of Topliss-reactive ketones (excluding diaryl/α,β-unsaturated/α-hetero) is 1. The lowest BCUT2D eigenvalue weighted by atomic mass is 9.95. The Balaban J connectivity index is 1.89. The summed E-state index contributed by atoms with van der Waals surface area (Å²) in [5, 5.41) is 2.63. The maximum atomic E-state index is 13.1. The van der Waals surface area contributed by atoms with Crippen LogP contribution in [-0.2, 0) is 4.79 Å². The van der Waals surface area contributed by atoms with Gasteiger partial charge in [-0.25, -0.2) is 8.78 Å². The minimum atomic E-state index is -1.01. The molecule has 2 rings (SSSR count). The first kappa shape index (κ1) is 15.6. The van der Waals surface area contributed by atoms with Crippen LogP contribution >= 0.6 is 0 Å². The van der Waals surface area contributed by atoms with Gasteiger partial charge >= 0.3 is 0 Å². The van der Waals surface area contributed by atoms with Gasteiger partial charge in [0.05, 0.1) is 6.54 Å². The van der Waals surface area contributed by atoms with Crippen LogP contribution in [0.5, 0.6) is 0 Å². The SMILES string of the molecule is CNC(=O)C1CCN(CC(=O)c2ccc(F)c(F)c2)CC1. The topological polar surface area (TPSA) is 49.4 Å². The number of carbonyl (C=O) groups is 2. The van der Waals surface area contributed by atoms with Gasteiger partial charge in [0.1, 0.15) is 0 Å². The first-order valence-electron chi connectivity index (χ1n) is 6.93. The molecular weight excluding hydrogens is 278 g/mol. The van der Waals surface area contributed by atoms with Crippen LogP contribution in [0.15, 0.2) is 18.2 Å². The lowest BCUT2D eigenvalue weighted by Crippen LogP contribution is -2.41. The second-order valence-corrected chi connectivity index (χ2v) is 5.22. The maximum Gasteiger partial charge on any atom is 0.222 e. The second kappa shape index (κ2) is 6.76. The van der Waals surface area contributed by atoms with E-state index in [4.69, 9.17) is 0 Å². The van der Waals surface area contributed by atoms with Gasteiger partial charge < -0.3 is 5.32 Å². The maximum absolute atomic E-state index is 13.1. The smallest absolute Gasteiger partial charge is 0.222 e. The Morgan fingerprint density at radius 3 is 2.48 bits per heavy atom. The molecule has 0 spiro atoms. The summed E-state index contributed by atoms with van der Waals surface area (Å²) in [7, 11) is 1.61. The Kier molecular flexibility index (Phi) is 5.01. The van der Waals surface area contributed by atoms with Crippen molar-refractivity contribution in [1.29, 1.82) is 0 Å². The molecule has 1 N–H and O–H groups in total. The number of hydrogen-bond donors (Lipinski definition) is 1. The zero-order valence-electron chi connectivity index (χ0n) is 11.9. The fourth-order valence-corrected chi connectivity index (χ4v) is 2.52. The van der Waals surface area contributed by atoms with Crippen molar-refractivity contribution in [2.24, 2.45) is 5.92 Å². The van der Waals surface area contributed by atoms with E-state index in [2.05, 4.69) is 5.32 Å². The highest BCUT2D eigenvalue weighted by Gasteiger charge is 2.25. The Morgan fingerprint density at radius 1 is 1.24 bits per heavy atom. The molecule has 1 heterocycles. The first-order chi connectivity index (χ1) is 10.0. The van der Waals surface area contributed by atoms with Crippen molar-refractivity contribution in [3.8, 4) is 0 Å². The predicted molar refractivity (Wildman–Crippen MR) is 73.9 cm³/mol. The van der Waals surface area contributed by atoms with Crippen molar-refractivity contribution in [3.63, 3.8) is 0 Å². The number of amides is 1. The van der Waals surface area contributed by atoms with Crippen LogP contribution < -0.4 is 5.32 Å². The third-order valence-corrected chi connectivity index (χ3v) is 3.81. The summed E-state index contributed by atoms with van der Waals surface area (Å²) >= 11 is 0. The summed E-state index contributed by atoms with van der Waals surface area (Å²) < 4.78 is 26.0. The number of halogens is 2. The molecule has 0 saturated carbocycles. The van der Waals surface area contributed by atoms with E-state index in [1.165, 1.54) is 6.07 Å². The third-order valence-electron chi connectivity index (χ3n) is 3.81. The molecule has 21 heavy (non-hydrogen) atoms. The van der Waals surface area contributed by atoms with Gasteiger partial charge in [-0.2, -0.15) is 0 Å². The molecule has 0 unspecified atom stereocenters. The Labute approximate surface area is 122 Å². The van der Waals surface area contributed by atoms with Crippen LogP contribution in [0, 0.1) is 17.6 Å². The van der Waals surface area contributed by atoms with Gasteiger partial charge in [0.15, 0.2) is 17.4 Å². The number of nitrogens with one attached hydrogen (secondary N) is 1. The third kappa shape index (κ3) is 3.85. The molecule has 1 aromatic carbocycles. The zero-order chi connectivity index (χ0) is 15.4. The number of likely N-dealkylation sites (tertiary alicyclic amines) is 1. The van der Waals surface area contributed by atoms with Gasteiger partial charge in [0.2, 0.25) is 5.91 Å². The number of hydrogen-bond acceptors (Lipinski definition) is 3. The molecule has 0 atom stereocenters. The highest BCUT2D eigenvalue weighted by atomic mass is 19.2. The molecule has 1 aliphatic rings. The summed E-state index contributed by atoms with van der Waals surface area (Å²) in [4.78, 5) is 25.5. The van der Waals surface area contributed by atoms with E-state index in [1.54, 1.807) is 7.05 Å². The van der Waals surface area contributed by atoms with E-state index in [-0.39, 0.29) is 29.7 Å². The van der Waals surface area contributed by atoms with Gasteiger partial charge in [-0.15, -0.1) is 0 Å². The second-order valence-electron chi connectivity index (χ2n) is 5.22. The fraction of sp³-hybridized carbons (Fsp3) is 0.467. The van der Waals surface area contributed by atoms with Crippen molar-refractivity contribution in [1.82, 2.24) is 10.2 Å².